The van der Waals surface area contributed by atoms with Crippen LogP contribution < -0.4 is 0 Å². The van der Waals surface area contributed by atoms with Crippen LogP contribution >= 0.6 is 0 Å². The van der Waals surface area contributed by atoms with E-state index in [0.717, 1.165) is 0 Å². The third kappa shape index (κ3) is 2.45. The Morgan fingerprint density at radius 2 is 0.846 bits per heavy atom. The summed E-state index contributed by atoms with van der Waals surface area (Å²) in [7, 11) is 0. The van der Waals surface area contributed by atoms with Gasteiger partial charge in [0, 0.05) is 0 Å². The summed E-state index contributed by atoms with van der Waals surface area (Å²) in [6.45, 7) is 0. The van der Waals surface area contributed by atoms with Crippen LogP contribution in [0.4, 0.5) is 0 Å². The van der Waals surface area contributed by atoms with Crippen LogP contribution in [0.1, 0.15) is 2.85 Å². The van der Waals surface area contributed by atoms with Crippen LogP contribution in [0.15, 0.2) is 60.7 Å². The van der Waals surface area contributed by atoms with Crippen LogP contribution in [-0.4, -0.2) is 17.4 Å². The van der Waals surface area contributed by atoms with Gasteiger partial charge in [-0.1, -0.05) is 60.7 Å². The summed E-state index contributed by atoms with van der Waals surface area (Å²) in [5.74, 6) is 0. The van der Waals surface area contributed by atoms with Crippen molar-refractivity contribution in [3.63, 3.8) is 0 Å². The molecule has 13 heavy (non-hydrogen) atoms. The molecule has 0 unspecified atom stereocenters. The van der Waals surface area contributed by atoms with E-state index in [-0.39, 0.29) is 20.2 Å². The molecule has 0 spiro atoms. The fourth-order valence-corrected chi connectivity index (χ4v) is 1.26. The topological polar surface area (TPSA) is 0 Å². The van der Waals surface area contributed by atoms with Gasteiger partial charge in [0.05, 0.1) is 0 Å². The minimum atomic E-state index is 0. The SMILES string of the molecule is [Al+2].[H-].[H-].c1ccc(-c2ccccc2)cc1. The first-order valence-corrected chi connectivity index (χ1v) is 4.07. The molecule has 0 aromatic heterocycles. The van der Waals surface area contributed by atoms with Gasteiger partial charge in [0.1, 0.15) is 0 Å². The van der Waals surface area contributed by atoms with Crippen molar-refractivity contribution >= 4 is 17.4 Å². The molecule has 63 valence electrons. The van der Waals surface area contributed by atoms with E-state index in [1.165, 1.54) is 11.1 Å². The molecule has 0 aliphatic rings. The summed E-state index contributed by atoms with van der Waals surface area (Å²) in [5, 5.41) is 0. The van der Waals surface area contributed by atoms with Gasteiger partial charge in [-0.2, -0.15) is 0 Å². The summed E-state index contributed by atoms with van der Waals surface area (Å²) < 4.78 is 0. The van der Waals surface area contributed by atoms with E-state index in [4.69, 9.17) is 0 Å². The predicted octanol–water partition coefficient (Wildman–Crippen LogP) is 3.20. The van der Waals surface area contributed by atoms with Crippen LogP contribution in [0.5, 0.6) is 0 Å². The predicted molar refractivity (Wildman–Crippen MR) is 59.9 cm³/mol. The quantitative estimate of drug-likeness (QED) is 0.595. The zero-order chi connectivity index (χ0) is 8.23. The van der Waals surface area contributed by atoms with Gasteiger partial charge in [-0.25, -0.2) is 0 Å². The molecule has 0 N–H and O–H groups in total. The zero-order valence-corrected chi connectivity index (χ0v) is 8.51. The van der Waals surface area contributed by atoms with Gasteiger partial charge in [-0.05, 0) is 11.1 Å². The summed E-state index contributed by atoms with van der Waals surface area (Å²) in [4.78, 5) is 0. The van der Waals surface area contributed by atoms with Gasteiger partial charge in [0.15, 0.2) is 0 Å². The maximum Gasteiger partial charge on any atom is 2.00 e. The van der Waals surface area contributed by atoms with Crippen molar-refractivity contribution in [3.8, 4) is 11.1 Å². The van der Waals surface area contributed by atoms with Crippen molar-refractivity contribution in [1.82, 2.24) is 0 Å². The molecule has 0 fully saturated rings. The van der Waals surface area contributed by atoms with Crippen molar-refractivity contribution < 1.29 is 2.85 Å². The molecule has 0 atom stereocenters. The Labute approximate surface area is 92.3 Å². The van der Waals surface area contributed by atoms with Crippen molar-refractivity contribution in [3.05, 3.63) is 60.7 Å². The fourth-order valence-electron chi connectivity index (χ4n) is 1.26. The van der Waals surface area contributed by atoms with Crippen molar-refractivity contribution in [2.24, 2.45) is 0 Å². The van der Waals surface area contributed by atoms with Gasteiger partial charge >= 0.3 is 17.4 Å². The first-order valence-electron chi connectivity index (χ1n) is 4.07. The van der Waals surface area contributed by atoms with Crippen molar-refractivity contribution in [1.29, 1.82) is 0 Å². The molecular weight excluding hydrogens is 171 g/mol. The smallest absolute Gasteiger partial charge is 1.00 e. The standard InChI is InChI=1S/C12H10.Al.2H/c1-3-7-11(8-4-1)12-9-5-2-6-10-12;;;/h1-10H;;;/q;+2;2*-1. The van der Waals surface area contributed by atoms with Crippen molar-refractivity contribution in [2.45, 2.75) is 0 Å². The minimum absolute atomic E-state index is 0. The van der Waals surface area contributed by atoms with E-state index in [1.54, 1.807) is 0 Å². The largest absolute Gasteiger partial charge is 2.00 e. The molecule has 0 saturated heterocycles. The Balaban J connectivity index is 0. The van der Waals surface area contributed by atoms with E-state index in [2.05, 4.69) is 48.5 Å². The molecule has 1 radical (unpaired) electrons. The molecule has 0 amide bonds. The van der Waals surface area contributed by atoms with Crippen LogP contribution in [0.25, 0.3) is 11.1 Å². The molecule has 0 aliphatic heterocycles. The first kappa shape index (κ1) is 10.1. The Kier molecular flexibility index (Phi) is 3.77. The van der Waals surface area contributed by atoms with Crippen LogP contribution in [0.3, 0.4) is 0 Å². The number of hydrogen-bond acceptors (Lipinski definition) is 0. The average molecular weight is 183 g/mol. The number of rotatable bonds is 1. The van der Waals surface area contributed by atoms with E-state index < -0.39 is 0 Å². The summed E-state index contributed by atoms with van der Waals surface area (Å²) in [5.41, 5.74) is 2.55. The molecule has 0 bridgehead atoms. The fraction of sp³-hybridized carbons (Fsp3) is 0. The molecule has 2 aromatic carbocycles. The van der Waals surface area contributed by atoms with E-state index in [0.29, 0.717) is 0 Å². The molecule has 2 aromatic rings. The van der Waals surface area contributed by atoms with Gasteiger partial charge in [-0.3, -0.25) is 0 Å². The molecule has 1 heteroatoms. The Morgan fingerprint density at radius 3 is 1.15 bits per heavy atom. The Bertz CT molecular complexity index is 311. The van der Waals surface area contributed by atoms with Crippen molar-refractivity contribution in [2.75, 3.05) is 0 Å². The molecular formula is C12H12Al. The normalized spacial score (nSPS) is 8.92. The van der Waals surface area contributed by atoms with Gasteiger partial charge < -0.3 is 2.85 Å². The number of hydrogen-bond donors (Lipinski definition) is 0. The molecule has 0 saturated carbocycles. The van der Waals surface area contributed by atoms with Crippen LogP contribution in [0.2, 0.25) is 0 Å². The Morgan fingerprint density at radius 1 is 0.538 bits per heavy atom. The molecule has 0 nitrogen and oxygen atoms in total. The Hall–Kier alpha value is -1.03. The second kappa shape index (κ2) is 4.87. The van der Waals surface area contributed by atoms with Gasteiger partial charge in [-0.15, -0.1) is 0 Å². The summed E-state index contributed by atoms with van der Waals surface area (Å²) in [6.07, 6.45) is 0. The third-order valence-corrected chi connectivity index (χ3v) is 1.88. The summed E-state index contributed by atoms with van der Waals surface area (Å²) in [6, 6.07) is 20.8. The monoisotopic (exact) mass is 183 g/mol. The van der Waals surface area contributed by atoms with E-state index >= 15 is 0 Å². The summed E-state index contributed by atoms with van der Waals surface area (Å²) >= 11 is 0. The van der Waals surface area contributed by atoms with Crippen LogP contribution in [-0.2, 0) is 0 Å². The first-order chi connectivity index (χ1) is 5.97. The zero-order valence-electron chi connectivity index (χ0n) is 9.35. The van der Waals surface area contributed by atoms with Crippen LogP contribution in [0, 0.1) is 0 Å². The maximum atomic E-state index is 2.12. The van der Waals surface area contributed by atoms with E-state index in [1.807, 2.05) is 12.1 Å². The van der Waals surface area contributed by atoms with Gasteiger partial charge in [0.25, 0.3) is 0 Å². The second-order valence-electron chi connectivity index (χ2n) is 2.73. The minimum Gasteiger partial charge on any atom is -1.00 e. The second-order valence-corrected chi connectivity index (χ2v) is 2.73. The third-order valence-electron chi connectivity index (χ3n) is 1.88. The number of benzene rings is 2. The average Bonchev–Trinajstić information content (AvgIpc) is 2.21. The van der Waals surface area contributed by atoms with E-state index in [9.17, 15) is 0 Å². The van der Waals surface area contributed by atoms with Gasteiger partial charge in [0.2, 0.25) is 0 Å². The molecule has 0 heterocycles. The molecule has 0 aliphatic carbocycles. The molecule has 2 rings (SSSR count). The maximum absolute atomic E-state index is 2.12.